The summed E-state index contributed by atoms with van der Waals surface area (Å²) in [5, 5.41) is 0. The Morgan fingerprint density at radius 3 is 2.23 bits per heavy atom. The zero-order valence-electron chi connectivity index (χ0n) is 20.8. The minimum Gasteiger partial charge on any atom is -0.465 e. The normalized spacial score (nSPS) is 24.1. The third-order valence-corrected chi connectivity index (χ3v) is 6.85. The van der Waals surface area contributed by atoms with Gasteiger partial charge in [0.15, 0.2) is 6.29 Å². The molecule has 4 atom stereocenters. The molecule has 1 aromatic rings. The lowest BCUT2D eigenvalue weighted by atomic mass is 9.69. The predicted molar refractivity (Wildman–Crippen MR) is 129 cm³/mol. The van der Waals surface area contributed by atoms with Gasteiger partial charge in [-0.25, -0.2) is 0 Å². The Hall–Kier alpha value is -1.28. The summed E-state index contributed by atoms with van der Waals surface area (Å²) in [5.41, 5.74) is 3.26. The van der Waals surface area contributed by atoms with Gasteiger partial charge in [-0.15, -0.1) is 0 Å². The van der Waals surface area contributed by atoms with Crippen LogP contribution in [0.3, 0.4) is 0 Å². The molecule has 1 aliphatic carbocycles. The van der Waals surface area contributed by atoms with Gasteiger partial charge in [0, 0.05) is 0 Å². The molecule has 2 heteroatoms. The molecule has 0 aliphatic heterocycles. The van der Waals surface area contributed by atoms with Crippen LogP contribution in [0.1, 0.15) is 99.0 Å². The molecule has 4 unspecified atom stereocenters. The monoisotopic (exact) mass is 414 g/mol. The van der Waals surface area contributed by atoms with Gasteiger partial charge in [-0.3, -0.25) is 0 Å². The fourth-order valence-corrected chi connectivity index (χ4v) is 5.10. The molecule has 1 aromatic carbocycles. The van der Waals surface area contributed by atoms with Gasteiger partial charge in [0.2, 0.25) is 0 Å². The molecule has 1 aliphatic rings. The summed E-state index contributed by atoms with van der Waals surface area (Å²) < 4.78 is 12.4. The second kappa shape index (κ2) is 11.4. The van der Waals surface area contributed by atoms with Gasteiger partial charge in [0.1, 0.15) is 5.75 Å². The van der Waals surface area contributed by atoms with Gasteiger partial charge in [0.25, 0.3) is 0 Å². The number of allylic oxidation sites excluding steroid dienone is 2. The molecule has 0 heterocycles. The predicted octanol–water partition coefficient (Wildman–Crippen LogP) is 8.38. The van der Waals surface area contributed by atoms with Crippen molar-refractivity contribution in [2.45, 2.75) is 99.7 Å². The Balaban J connectivity index is 1.94. The maximum atomic E-state index is 6.24. The first kappa shape index (κ1) is 25.0. The first-order valence-electron chi connectivity index (χ1n) is 12.3. The van der Waals surface area contributed by atoms with Crippen LogP contribution in [-0.4, -0.2) is 12.9 Å². The highest BCUT2D eigenvalue weighted by molar-refractivity contribution is 5.30. The van der Waals surface area contributed by atoms with Crippen molar-refractivity contribution in [2.75, 3.05) is 6.61 Å². The zero-order chi connectivity index (χ0) is 22.3. The van der Waals surface area contributed by atoms with E-state index in [0.29, 0.717) is 23.7 Å². The lowest BCUT2D eigenvalue weighted by molar-refractivity contribution is -0.103. The summed E-state index contributed by atoms with van der Waals surface area (Å²) in [7, 11) is 0. The molecule has 0 N–H and O–H groups in total. The van der Waals surface area contributed by atoms with Crippen molar-refractivity contribution in [3.63, 3.8) is 0 Å². The van der Waals surface area contributed by atoms with Crippen molar-refractivity contribution in [1.29, 1.82) is 0 Å². The topological polar surface area (TPSA) is 18.5 Å². The molecular formula is C28H46O2. The summed E-state index contributed by atoms with van der Waals surface area (Å²) in [6, 6.07) is 8.70. The fraction of sp³-hybridized carbons (Fsp3) is 0.714. The van der Waals surface area contributed by atoms with E-state index in [1.54, 1.807) is 5.57 Å². The van der Waals surface area contributed by atoms with Crippen LogP contribution in [0, 0.1) is 23.2 Å². The lowest BCUT2D eigenvalue weighted by Crippen LogP contribution is -2.34. The second-order valence-electron chi connectivity index (χ2n) is 10.4. The minimum absolute atomic E-state index is 0.234. The molecule has 0 aromatic heterocycles. The van der Waals surface area contributed by atoms with Crippen molar-refractivity contribution in [1.82, 2.24) is 0 Å². The van der Waals surface area contributed by atoms with Crippen LogP contribution in [0.4, 0.5) is 0 Å². The van der Waals surface area contributed by atoms with Crippen LogP contribution in [0.5, 0.6) is 5.75 Å². The average molecular weight is 415 g/mol. The number of rotatable bonds is 11. The van der Waals surface area contributed by atoms with Crippen molar-refractivity contribution in [3.05, 3.63) is 41.5 Å². The Bertz CT molecular complexity index is 658. The molecule has 2 nitrogen and oxygen atoms in total. The van der Waals surface area contributed by atoms with Gasteiger partial charge in [-0.05, 0) is 85.8 Å². The Morgan fingerprint density at radius 1 is 1.03 bits per heavy atom. The first-order chi connectivity index (χ1) is 14.2. The van der Waals surface area contributed by atoms with Gasteiger partial charge in [-0.1, -0.05) is 72.2 Å². The molecule has 0 amide bonds. The Kier molecular flexibility index (Phi) is 9.47. The molecule has 2 rings (SSSR count). The van der Waals surface area contributed by atoms with Crippen molar-refractivity contribution in [2.24, 2.45) is 23.2 Å². The second-order valence-corrected chi connectivity index (χ2v) is 10.4. The third-order valence-electron chi connectivity index (χ3n) is 6.85. The van der Waals surface area contributed by atoms with Crippen LogP contribution >= 0.6 is 0 Å². The smallest absolute Gasteiger partial charge is 0.196 e. The maximum Gasteiger partial charge on any atom is 0.196 e. The van der Waals surface area contributed by atoms with E-state index >= 15 is 0 Å². The van der Waals surface area contributed by atoms with Crippen molar-refractivity contribution < 1.29 is 9.47 Å². The summed E-state index contributed by atoms with van der Waals surface area (Å²) >= 11 is 0. The van der Waals surface area contributed by atoms with E-state index in [0.717, 1.165) is 31.6 Å². The number of hydrogen-bond acceptors (Lipinski definition) is 2. The number of hydrogen-bond donors (Lipinski definition) is 0. The molecular weight excluding hydrogens is 368 g/mol. The molecule has 0 saturated carbocycles. The SMILES string of the molecule is CCC1=CC(C)CC(CC)(COC(C)Oc2ccc(C(CC(C)C)C(C)C)cc2)C1. The zero-order valence-corrected chi connectivity index (χ0v) is 20.8. The van der Waals surface area contributed by atoms with Crippen LogP contribution in [0.15, 0.2) is 35.9 Å². The highest BCUT2D eigenvalue weighted by Crippen LogP contribution is 2.43. The fourth-order valence-electron chi connectivity index (χ4n) is 5.10. The average Bonchev–Trinajstić information content (AvgIpc) is 2.70. The molecule has 0 fully saturated rings. The van der Waals surface area contributed by atoms with E-state index in [4.69, 9.17) is 9.47 Å². The van der Waals surface area contributed by atoms with E-state index in [1.165, 1.54) is 18.4 Å². The van der Waals surface area contributed by atoms with Gasteiger partial charge < -0.3 is 9.47 Å². The molecule has 170 valence electrons. The molecule has 0 radical (unpaired) electrons. The quantitative estimate of drug-likeness (QED) is 0.267. The Labute approximate surface area is 186 Å². The Morgan fingerprint density at radius 2 is 1.70 bits per heavy atom. The largest absolute Gasteiger partial charge is 0.465 e. The maximum absolute atomic E-state index is 6.24. The highest BCUT2D eigenvalue weighted by Gasteiger charge is 2.34. The summed E-state index contributed by atoms with van der Waals surface area (Å²) in [4.78, 5) is 0. The van der Waals surface area contributed by atoms with Crippen LogP contribution in [0.2, 0.25) is 0 Å². The summed E-state index contributed by atoms with van der Waals surface area (Å²) in [6.07, 6.45) is 8.14. The lowest BCUT2D eigenvalue weighted by Gasteiger charge is -2.39. The van der Waals surface area contributed by atoms with E-state index in [2.05, 4.69) is 78.8 Å². The number of benzene rings is 1. The molecule has 0 saturated heterocycles. The van der Waals surface area contributed by atoms with E-state index in [9.17, 15) is 0 Å². The summed E-state index contributed by atoms with van der Waals surface area (Å²) in [5.74, 6) is 3.49. The van der Waals surface area contributed by atoms with Crippen LogP contribution in [0.25, 0.3) is 0 Å². The van der Waals surface area contributed by atoms with Crippen LogP contribution in [-0.2, 0) is 4.74 Å². The standard InChI is InChI=1S/C28H46O2/c1-9-24-16-22(7)17-28(10-2,18-24)19-29-23(8)30-26-13-11-25(12-14-26)27(21(5)6)15-20(3)4/h11-14,16,20-23,27H,9-10,15,17-19H2,1-8H3. The van der Waals surface area contributed by atoms with E-state index < -0.39 is 0 Å². The van der Waals surface area contributed by atoms with E-state index in [-0.39, 0.29) is 11.7 Å². The van der Waals surface area contributed by atoms with Gasteiger partial charge >= 0.3 is 0 Å². The van der Waals surface area contributed by atoms with Gasteiger partial charge in [0.05, 0.1) is 6.61 Å². The minimum atomic E-state index is -0.234. The third kappa shape index (κ3) is 7.15. The molecule has 0 spiro atoms. The summed E-state index contributed by atoms with van der Waals surface area (Å²) in [6.45, 7) is 19.0. The highest BCUT2D eigenvalue weighted by atomic mass is 16.7. The first-order valence-corrected chi connectivity index (χ1v) is 12.3. The van der Waals surface area contributed by atoms with Crippen molar-refractivity contribution in [3.8, 4) is 5.75 Å². The number of ether oxygens (including phenoxy) is 2. The van der Waals surface area contributed by atoms with Crippen LogP contribution < -0.4 is 4.74 Å². The van der Waals surface area contributed by atoms with Gasteiger partial charge in [-0.2, -0.15) is 0 Å². The van der Waals surface area contributed by atoms with Crippen molar-refractivity contribution >= 4 is 0 Å². The van der Waals surface area contributed by atoms with E-state index in [1.807, 2.05) is 6.92 Å². The molecule has 0 bridgehead atoms. The molecule has 30 heavy (non-hydrogen) atoms.